The first-order valence-corrected chi connectivity index (χ1v) is 26.8. The zero-order valence-corrected chi connectivity index (χ0v) is 32.5. The number of aliphatic hydroxyl groups is 1. The monoisotopic (exact) mass is 707 g/mol. The molecule has 0 aliphatic heterocycles. The van der Waals surface area contributed by atoms with Gasteiger partial charge in [0.2, 0.25) is 0 Å². The molecule has 0 radical (unpaired) electrons. The summed E-state index contributed by atoms with van der Waals surface area (Å²) in [5.41, 5.74) is 1.99. The number of thiazole rings is 1. The maximum Gasteiger partial charge on any atom is 0.181 e. The van der Waals surface area contributed by atoms with Crippen LogP contribution in [-0.4, -0.2) is 82.2 Å². The van der Waals surface area contributed by atoms with Crippen molar-refractivity contribution >= 4 is 48.8 Å². The van der Waals surface area contributed by atoms with Crippen LogP contribution in [0.4, 0.5) is 5.82 Å². The Bertz CT molecular complexity index is 1580. The lowest BCUT2D eigenvalue weighted by molar-refractivity contribution is 0.0937. The molecular weight excluding hydrogens is 655 g/mol. The van der Waals surface area contributed by atoms with Crippen molar-refractivity contribution in [3.05, 3.63) is 23.1 Å². The van der Waals surface area contributed by atoms with Crippen molar-refractivity contribution < 1.29 is 23.0 Å². The summed E-state index contributed by atoms with van der Waals surface area (Å²) in [5, 5.41) is 15.6. The second kappa shape index (κ2) is 14.0. The summed E-state index contributed by atoms with van der Waals surface area (Å²) in [6.07, 6.45) is 9.59. The molecule has 4 atom stereocenters. The van der Waals surface area contributed by atoms with Gasteiger partial charge in [-0.15, -0.1) is 11.3 Å². The minimum Gasteiger partial charge on any atom is -0.386 e. The van der Waals surface area contributed by atoms with Crippen molar-refractivity contribution in [2.24, 2.45) is 11.8 Å². The molecule has 2 bridgehead atoms. The van der Waals surface area contributed by atoms with Crippen LogP contribution in [0.5, 0.6) is 0 Å². The van der Waals surface area contributed by atoms with Crippen molar-refractivity contribution in [1.29, 1.82) is 0 Å². The van der Waals surface area contributed by atoms with E-state index in [1.54, 1.807) is 23.8 Å². The Morgan fingerprint density at radius 2 is 1.59 bits per heavy atom. The Balaban J connectivity index is 1.66. The summed E-state index contributed by atoms with van der Waals surface area (Å²) in [7, 11) is -6.42. The standard InChI is InChI=1S/C32H53N5O5S2Si2/c1-22(38)31-33-19-27(43-31)26-18-34-37-30(26)35-28(25-16-23-9-10-24(15-23)17-25)29(44(2,39)40)32(37)36(20-41-11-13-45(3,4)5)21-42-12-14-46(6,7)8/h18-19,22-25,38H,9-17,20-21H2,1-8H3/t22?,23-,24?,25+/m0/s1. The van der Waals surface area contributed by atoms with Gasteiger partial charge < -0.3 is 19.5 Å². The molecule has 0 amide bonds. The Kier molecular flexibility index (Phi) is 10.9. The molecule has 2 saturated carbocycles. The minimum absolute atomic E-state index is 0.0411. The third-order valence-corrected chi connectivity index (χ3v) is 14.9. The molecule has 0 spiro atoms. The van der Waals surface area contributed by atoms with E-state index >= 15 is 0 Å². The van der Waals surface area contributed by atoms with Gasteiger partial charge in [0.05, 0.1) is 22.3 Å². The van der Waals surface area contributed by atoms with E-state index < -0.39 is 32.1 Å². The van der Waals surface area contributed by atoms with Crippen LogP contribution in [0.3, 0.4) is 0 Å². The largest absolute Gasteiger partial charge is 0.386 e. The molecule has 2 unspecified atom stereocenters. The average Bonchev–Trinajstić information content (AvgIpc) is 3.67. The fraction of sp³-hybridized carbons (Fsp3) is 0.719. The predicted molar refractivity (Wildman–Crippen MR) is 191 cm³/mol. The fourth-order valence-corrected chi connectivity index (χ4v) is 10.2. The first-order valence-electron chi connectivity index (χ1n) is 16.7. The molecule has 10 nitrogen and oxygen atoms in total. The van der Waals surface area contributed by atoms with E-state index in [4.69, 9.17) is 19.6 Å². The van der Waals surface area contributed by atoms with Crippen LogP contribution in [-0.2, 0) is 19.3 Å². The van der Waals surface area contributed by atoms with Crippen molar-refractivity contribution in [3.63, 3.8) is 0 Å². The highest BCUT2D eigenvalue weighted by atomic mass is 32.2. The lowest BCUT2D eigenvalue weighted by Gasteiger charge is -2.32. The van der Waals surface area contributed by atoms with Crippen LogP contribution in [0.1, 0.15) is 61.8 Å². The highest BCUT2D eigenvalue weighted by Gasteiger charge is 2.39. The number of nitrogens with zero attached hydrogens (tertiary/aromatic N) is 5. The maximum absolute atomic E-state index is 13.9. The van der Waals surface area contributed by atoms with Crippen molar-refractivity contribution in [1.82, 2.24) is 19.6 Å². The molecule has 2 aliphatic carbocycles. The van der Waals surface area contributed by atoms with Gasteiger partial charge in [-0.1, -0.05) is 52.1 Å². The van der Waals surface area contributed by atoms with Crippen LogP contribution in [0.15, 0.2) is 17.3 Å². The third kappa shape index (κ3) is 8.66. The first-order chi connectivity index (χ1) is 21.5. The fourth-order valence-electron chi connectivity index (χ4n) is 6.67. The molecule has 3 aromatic rings. The Morgan fingerprint density at radius 1 is 1.00 bits per heavy atom. The number of aliphatic hydroxyl groups excluding tert-OH is 1. The van der Waals surface area contributed by atoms with Crippen LogP contribution in [0.2, 0.25) is 51.4 Å². The molecular formula is C32H53N5O5S2Si2. The topological polar surface area (TPSA) is 119 Å². The molecule has 3 heterocycles. The molecule has 1 N–H and O–H groups in total. The van der Waals surface area contributed by atoms with Gasteiger partial charge in [-0.25, -0.2) is 18.4 Å². The zero-order valence-electron chi connectivity index (χ0n) is 28.9. The second-order valence-electron chi connectivity index (χ2n) is 15.9. The van der Waals surface area contributed by atoms with Crippen LogP contribution >= 0.6 is 11.3 Å². The summed E-state index contributed by atoms with van der Waals surface area (Å²) >= 11 is 1.40. The number of aromatic nitrogens is 4. The highest BCUT2D eigenvalue weighted by molar-refractivity contribution is 7.91. The molecule has 46 heavy (non-hydrogen) atoms. The van der Waals surface area contributed by atoms with Crippen molar-refractivity contribution in [2.75, 3.05) is 37.8 Å². The van der Waals surface area contributed by atoms with Crippen LogP contribution in [0, 0.1) is 11.8 Å². The number of sulfone groups is 1. The smallest absolute Gasteiger partial charge is 0.181 e. The van der Waals surface area contributed by atoms with Crippen molar-refractivity contribution in [2.45, 2.75) is 107 Å². The summed E-state index contributed by atoms with van der Waals surface area (Å²) in [5.74, 6) is 1.69. The zero-order chi connectivity index (χ0) is 33.4. The number of ether oxygens (including phenoxy) is 2. The molecule has 2 fully saturated rings. The van der Waals surface area contributed by atoms with Gasteiger partial charge in [0, 0.05) is 47.7 Å². The minimum atomic E-state index is -3.74. The lowest BCUT2D eigenvalue weighted by atomic mass is 9.79. The van der Waals surface area contributed by atoms with E-state index in [9.17, 15) is 13.5 Å². The SMILES string of the molecule is CC(O)c1ncc(-c2cnn3c(N(COCC[Si](C)(C)C)COCC[Si](C)(C)C)c(S(C)(=O)=O)c([C@H]4CC5CC[C@@H](C5)C4)nc23)s1. The van der Waals surface area contributed by atoms with Gasteiger partial charge in [-0.3, -0.25) is 0 Å². The van der Waals surface area contributed by atoms with Gasteiger partial charge in [-0.2, -0.15) is 9.61 Å². The van der Waals surface area contributed by atoms with E-state index in [0.717, 1.165) is 35.4 Å². The van der Waals surface area contributed by atoms with Gasteiger partial charge in [-0.05, 0) is 50.1 Å². The molecule has 3 aromatic heterocycles. The molecule has 256 valence electrons. The van der Waals surface area contributed by atoms with Crippen LogP contribution in [0.25, 0.3) is 16.1 Å². The number of anilines is 1. The first kappa shape index (κ1) is 35.6. The molecule has 2 aliphatic rings. The number of hydrogen-bond acceptors (Lipinski definition) is 10. The molecule has 0 aromatic carbocycles. The Labute approximate surface area is 280 Å². The quantitative estimate of drug-likeness (QED) is 0.101. The highest BCUT2D eigenvalue weighted by Crippen LogP contribution is 2.50. The number of hydrogen-bond donors (Lipinski definition) is 1. The Hall–Kier alpha value is -1.69. The number of rotatable bonds is 15. The van der Waals surface area contributed by atoms with E-state index in [1.807, 2.05) is 4.90 Å². The van der Waals surface area contributed by atoms with E-state index in [1.165, 1.54) is 36.9 Å². The van der Waals surface area contributed by atoms with Crippen molar-refractivity contribution in [3.8, 4) is 10.4 Å². The predicted octanol–water partition coefficient (Wildman–Crippen LogP) is 7.03. The third-order valence-electron chi connectivity index (χ3n) is 9.18. The summed E-state index contributed by atoms with van der Waals surface area (Å²) < 4.78 is 42.1. The molecule has 5 rings (SSSR count). The average molecular weight is 708 g/mol. The molecule has 0 saturated heterocycles. The maximum atomic E-state index is 13.9. The van der Waals surface area contributed by atoms with E-state index in [0.29, 0.717) is 47.2 Å². The number of fused-ring (bicyclic) bond motifs is 3. The molecule has 14 heteroatoms. The van der Waals surface area contributed by atoms with Crippen LogP contribution < -0.4 is 4.90 Å². The summed E-state index contributed by atoms with van der Waals surface area (Å²) in [6, 6.07) is 2.00. The summed E-state index contributed by atoms with van der Waals surface area (Å²) in [6.45, 7) is 17.2. The van der Waals surface area contributed by atoms with Gasteiger partial charge in [0.25, 0.3) is 0 Å². The van der Waals surface area contributed by atoms with Gasteiger partial charge in [0.15, 0.2) is 21.3 Å². The normalized spacial score (nSPS) is 21.3. The Morgan fingerprint density at radius 3 is 2.09 bits per heavy atom. The van der Waals surface area contributed by atoms with E-state index in [2.05, 4.69) is 44.3 Å². The lowest BCUT2D eigenvalue weighted by Crippen LogP contribution is -2.35. The second-order valence-corrected chi connectivity index (χ2v) is 30.2. The van der Waals surface area contributed by atoms with E-state index in [-0.39, 0.29) is 24.3 Å². The van der Waals surface area contributed by atoms with Gasteiger partial charge in [0.1, 0.15) is 29.5 Å². The summed E-state index contributed by atoms with van der Waals surface area (Å²) in [4.78, 5) is 12.6. The van der Waals surface area contributed by atoms with Gasteiger partial charge >= 0.3 is 0 Å².